The number of hydrogen-bond donors (Lipinski definition) is 3. The van der Waals surface area contributed by atoms with Crippen molar-refractivity contribution in [1.82, 2.24) is 9.88 Å². The maximum atomic E-state index is 13.3. The van der Waals surface area contributed by atoms with Gasteiger partial charge in [0.2, 0.25) is 5.91 Å². The lowest BCUT2D eigenvalue weighted by molar-refractivity contribution is -0.114. The van der Waals surface area contributed by atoms with Crippen molar-refractivity contribution < 1.29 is 14.4 Å². The Hall–Kier alpha value is -5.12. The summed E-state index contributed by atoms with van der Waals surface area (Å²) in [5.74, 6) is -0.730. The smallest absolute Gasteiger partial charge is 0.272 e. The lowest BCUT2D eigenvalue weighted by atomic mass is 10.1. The van der Waals surface area contributed by atoms with Gasteiger partial charge >= 0.3 is 0 Å². The molecule has 234 valence electrons. The molecule has 0 aliphatic carbocycles. The van der Waals surface area contributed by atoms with Crippen molar-refractivity contribution in [2.24, 2.45) is 0 Å². The highest BCUT2D eigenvalue weighted by Gasteiger charge is 2.16. The van der Waals surface area contributed by atoms with Crippen molar-refractivity contribution in [2.45, 2.75) is 18.4 Å². The van der Waals surface area contributed by atoms with Crippen LogP contribution in [0.25, 0.3) is 27.9 Å². The molecule has 0 spiro atoms. The van der Waals surface area contributed by atoms with Crippen LogP contribution in [-0.2, 0) is 16.1 Å². The number of fused-ring (bicyclic) bond motifs is 3. The maximum absolute atomic E-state index is 13.3. The van der Waals surface area contributed by atoms with Crippen LogP contribution in [0.2, 0.25) is 0 Å². The van der Waals surface area contributed by atoms with E-state index < -0.39 is 5.91 Å². The van der Waals surface area contributed by atoms with Gasteiger partial charge in [-0.15, -0.1) is 11.8 Å². The number of amides is 3. The number of rotatable bonds is 10. The number of halogens is 1. The third-order valence-electron chi connectivity index (χ3n) is 7.56. The molecule has 6 rings (SSSR count). The van der Waals surface area contributed by atoms with Crippen molar-refractivity contribution in [3.63, 3.8) is 0 Å². The van der Waals surface area contributed by atoms with E-state index in [4.69, 9.17) is 0 Å². The number of hydrogen-bond acceptors (Lipinski definition) is 4. The van der Waals surface area contributed by atoms with Gasteiger partial charge < -0.3 is 20.5 Å². The summed E-state index contributed by atoms with van der Waals surface area (Å²) in [7, 11) is 0. The van der Waals surface area contributed by atoms with Gasteiger partial charge in [0.05, 0.1) is 5.75 Å². The first-order chi connectivity index (χ1) is 22.9. The van der Waals surface area contributed by atoms with Crippen LogP contribution in [0.4, 0.5) is 11.4 Å². The van der Waals surface area contributed by atoms with Crippen LogP contribution in [0.15, 0.2) is 136 Å². The first-order valence-electron chi connectivity index (χ1n) is 15.1. The molecule has 5 aromatic carbocycles. The van der Waals surface area contributed by atoms with E-state index in [1.165, 1.54) is 17.3 Å². The average Bonchev–Trinajstić information content (AvgIpc) is 3.41. The van der Waals surface area contributed by atoms with Gasteiger partial charge in [-0.1, -0.05) is 64.5 Å². The molecule has 0 bridgehead atoms. The van der Waals surface area contributed by atoms with Crippen molar-refractivity contribution in [3.8, 4) is 0 Å². The number of para-hydroxylation sites is 1. The lowest BCUT2D eigenvalue weighted by Crippen LogP contribution is -2.30. The maximum Gasteiger partial charge on any atom is 0.272 e. The van der Waals surface area contributed by atoms with Crippen LogP contribution in [0, 0.1) is 0 Å². The zero-order valence-corrected chi connectivity index (χ0v) is 27.9. The molecule has 1 aromatic heterocycles. The third-order valence-corrected chi connectivity index (χ3v) is 9.10. The molecule has 0 saturated carbocycles. The predicted octanol–water partition coefficient (Wildman–Crippen LogP) is 8.72. The third kappa shape index (κ3) is 7.65. The number of carbonyl (C=O) groups excluding carboxylic acids is 3. The first kappa shape index (κ1) is 31.8. The van der Waals surface area contributed by atoms with Crippen LogP contribution in [0.1, 0.15) is 22.8 Å². The molecular formula is C38H31BrN4O3S. The van der Waals surface area contributed by atoms with Gasteiger partial charge in [0.15, 0.2) is 0 Å². The standard InChI is InChI=1S/C38H31BrN4O3S/c1-2-43-34-11-7-6-10-31(34)32-23-29(18-21-35(32)43)40-36(44)24-47-30-19-16-28(17-20-30)41-38(46)33(22-25-12-14-27(39)15-13-25)42-37(45)26-8-4-3-5-9-26/h3-23H,2,24H2,1H3,(H,40,44)(H,41,46)(H,42,45)/b33-22-. The number of nitrogens with zero attached hydrogens (tertiary/aromatic N) is 1. The molecule has 0 aliphatic rings. The summed E-state index contributed by atoms with van der Waals surface area (Å²) in [6.45, 7) is 3.00. The highest BCUT2D eigenvalue weighted by molar-refractivity contribution is 9.10. The van der Waals surface area contributed by atoms with Crippen molar-refractivity contribution in [3.05, 3.63) is 143 Å². The fraction of sp³-hybridized carbons (Fsp3) is 0.0789. The fourth-order valence-corrected chi connectivity index (χ4v) is 6.28. The van der Waals surface area contributed by atoms with E-state index in [0.29, 0.717) is 11.3 Å². The van der Waals surface area contributed by atoms with Gasteiger partial charge in [-0.2, -0.15) is 0 Å². The summed E-state index contributed by atoms with van der Waals surface area (Å²) in [5, 5.41) is 10.9. The second kappa shape index (κ2) is 14.5. The molecule has 0 radical (unpaired) electrons. The Morgan fingerprint density at radius 1 is 0.745 bits per heavy atom. The number of carbonyl (C=O) groups is 3. The van der Waals surface area contributed by atoms with Crippen LogP contribution < -0.4 is 16.0 Å². The van der Waals surface area contributed by atoms with Gasteiger partial charge in [0, 0.05) is 54.7 Å². The molecule has 6 aromatic rings. The first-order valence-corrected chi connectivity index (χ1v) is 16.8. The van der Waals surface area contributed by atoms with E-state index in [9.17, 15) is 14.4 Å². The van der Waals surface area contributed by atoms with Crippen molar-refractivity contribution >= 4 is 84.7 Å². The molecule has 3 amide bonds. The normalized spacial score (nSPS) is 11.4. The quantitative estimate of drug-likeness (QED) is 0.0984. The number of aromatic nitrogens is 1. The average molecular weight is 704 g/mol. The predicted molar refractivity (Wildman–Crippen MR) is 196 cm³/mol. The summed E-state index contributed by atoms with van der Waals surface area (Å²) >= 11 is 4.82. The highest BCUT2D eigenvalue weighted by atomic mass is 79.9. The number of anilines is 2. The van der Waals surface area contributed by atoms with Crippen LogP contribution in [0.3, 0.4) is 0 Å². The molecule has 0 fully saturated rings. The van der Waals surface area contributed by atoms with E-state index in [0.717, 1.165) is 43.5 Å². The Kier molecular flexibility index (Phi) is 9.85. The summed E-state index contributed by atoms with van der Waals surface area (Å²) in [6.07, 6.45) is 1.63. The van der Waals surface area contributed by atoms with Gasteiger partial charge in [0.1, 0.15) is 5.70 Å². The second-order valence-electron chi connectivity index (χ2n) is 10.7. The van der Waals surface area contributed by atoms with Gasteiger partial charge in [-0.25, -0.2) is 0 Å². The molecule has 47 heavy (non-hydrogen) atoms. The van der Waals surface area contributed by atoms with E-state index in [1.807, 2.05) is 66.7 Å². The topological polar surface area (TPSA) is 92.2 Å². The molecule has 1 heterocycles. The highest BCUT2D eigenvalue weighted by Crippen LogP contribution is 2.31. The molecule has 0 saturated heterocycles. The van der Waals surface area contributed by atoms with E-state index >= 15 is 0 Å². The molecular weight excluding hydrogens is 672 g/mol. The van der Waals surface area contributed by atoms with E-state index in [1.54, 1.807) is 42.5 Å². The van der Waals surface area contributed by atoms with Crippen molar-refractivity contribution in [2.75, 3.05) is 16.4 Å². The minimum Gasteiger partial charge on any atom is -0.341 e. The van der Waals surface area contributed by atoms with Gasteiger partial charge in [-0.05, 0) is 91.4 Å². The Labute approximate surface area is 285 Å². The summed E-state index contributed by atoms with van der Waals surface area (Å²) in [4.78, 5) is 40.0. The van der Waals surface area contributed by atoms with Crippen LogP contribution in [0.5, 0.6) is 0 Å². The Balaban J connectivity index is 1.09. The van der Waals surface area contributed by atoms with Crippen LogP contribution >= 0.6 is 27.7 Å². The monoisotopic (exact) mass is 702 g/mol. The SMILES string of the molecule is CCn1c2ccccc2c2cc(NC(=O)CSc3ccc(NC(=O)/C(=C/c4ccc(Br)cc4)NC(=O)c4ccccc4)cc3)ccc21. The fourth-order valence-electron chi connectivity index (χ4n) is 5.32. The molecule has 0 unspecified atom stereocenters. The summed E-state index contributed by atoms with van der Waals surface area (Å²) < 4.78 is 3.18. The molecule has 9 heteroatoms. The Morgan fingerprint density at radius 3 is 2.17 bits per heavy atom. The zero-order valence-electron chi connectivity index (χ0n) is 25.5. The Bertz CT molecular complexity index is 2110. The molecule has 0 aliphatic heterocycles. The zero-order chi connectivity index (χ0) is 32.8. The van der Waals surface area contributed by atoms with E-state index in [2.05, 4.69) is 61.6 Å². The minimum absolute atomic E-state index is 0.105. The van der Waals surface area contributed by atoms with Crippen LogP contribution in [-0.4, -0.2) is 28.0 Å². The largest absolute Gasteiger partial charge is 0.341 e. The number of thioether (sulfide) groups is 1. The van der Waals surface area contributed by atoms with Gasteiger partial charge in [0.25, 0.3) is 11.8 Å². The molecule has 7 nitrogen and oxygen atoms in total. The number of nitrogens with one attached hydrogen (secondary N) is 3. The van der Waals surface area contributed by atoms with E-state index in [-0.39, 0.29) is 23.3 Å². The van der Waals surface area contributed by atoms with Gasteiger partial charge in [-0.3, -0.25) is 14.4 Å². The summed E-state index contributed by atoms with van der Waals surface area (Å²) in [5.41, 5.74) is 4.93. The minimum atomic E-state index is -0.462. The lowest BCUT2D eigenvalue weighted by Gasteiger charge is -2.12. The van der Waals surface area contributed by atoms with Crippen molar-refractivity contribution in [1.29, 1.82) is 0 Å². The molecule has 0 atom stereocenters. The summed E-state index contributed by atoms with van der Waals surface area (Å²) in [6, 6.07) is 37.7. The number of benzene rings is 5. The second-order valence-corrected chi connectivity index (χ2v) is 12.7. The Morgan fingerprint density at radius 2 is 1.43 bits per heavy atom. The number of aryl methyl sites for hydroxylation is 1. The molecule has 3 N–H and O–H groups in total.